The zero-order valence-electron chi connectivity index (χ0n) is 10.7. The van der Waals surface area contributed by atoms with Crippen molar-refractivity contribution in [2.45, 2.75) is 58.0 Å². The van der Waals surface area contributed by atoms with Crippen LogP contribution in [0.2, 0.25) is 0 Å². The molecular weight excluding hydrogens is 198 g/mol. The van der Waals surface area contributed by atoms with E-state index >= 15 is 0 Å². The quantitative estimate of drug-likeness (QED) is 0.787. The molecule has 2 heteroatoms. The summed E-state index contributed by atoms with van der Waals surface area (Å²) < 4.78 is 0. The van der Waals surface area contributed by atoms with Gasteiger partial charge in [-0.1, -0.05) is 33.8 Å². The Morgan fingerprint density at radius 2 is 2.06 bits per heavy atom. The largest absolute Gasteiger partial charge is 0.384 e. The Bertz CT molecular complexity index is 406. The van der Waals surface area contributed by atoms with Crippen molar-refractivity contribution in [3.05, 3.63) is 29.1 Å². The van der Waals surface area contributed by atoms with Gasteiger partial charge in [-0.25, -0.2) is 0 Å². The zero-order chi connectivity index (χ0) is 12.0. The van der Waals surface area contributed by atoms with Crippen molar-refractivity contribution in [2.24, 2.45) is 0 Å². The summed E-state index contributed by atoms with van der Waals surface area (Å²) in [6.45, 7) is 8.49. The van der Waals surface area contributed by atoms with Crippen molar-refractivity contribution in [2.75, 3.05) is 0 Å². The first-order valence-corrected chi connectivity index (χ1v) is 6.10. The van der Waals surface area contributed by atoms with E-state index in [1.807, 2.05) is 6.92 Å². The lowest BCUT2D eigenvalue weighted by Crippen LogP contribution is -2.24. The highest BCUT2D eigenvalue weighted by Crippen LogP contribution is 2.38. The second-order valence-corrected chi connectivity index (χ2v) is 5.84. The molecule has 88 valence electrons. The molecule has 1 heterocycles. The van der Waals surface area contributed by atoms with E-state index in [1.165, 1.54) is 5.56 Å². The van der Waals surface area contributed by atoms with E-state index in [0.29, 0.717) is 0 Å². The molecule has 1 aromatic heterocycles. The van der Waals surface area contributed by atoms with Gasteiger partial charge in [-0.05, 0) is 30.9 Å². The molecule has 16 heavy (non-hydrogen) atoms. The highest BCUT2D eigenvalue weighted by molar-refractivity contribution is 5.34. The van der Waals surface area contributed by atoms with Crippen molar-refractivity contribution in [1.29, 1.82) is 0 Å². The first-order chi connectivity index (χ1) is 7.37. The fourth-order valence-corrected chi connectivity index (χ4v) is 2.31. The van der Waals surface area contributed by atoms with E-state index in [9.17, 15) is 5.11 Å². The third-order valence-electron chi connectivity index (χ3n) is 3.58. The van der Waals surface area contributed by atoms with E-state index in [-0.39, 0.29) is 5.41 Å². The molecule has 0 amide bonds. The van der Waals surface area contributed by atoms with Gasteiger partial charge >= 0.3 is 0 Å². The van der Waals surface area contributed by atoms with Gasteiger partial charge in [0.15, 0.2) is 0 Å². The first kappa shape index (κ1) is 11.6. The summed E-state index contributed by atoms with van der Waals surface area (Å²) in [7, 11) is 0. The van der Waals surface area contributed by atoms with Crippen LogP contribution in [0.25, 0.3) is 0 Å². The molecule has 1 unspecified atom stereocenters. The monoisotopic (exact) mass is 219 g/mol. The van der Waals surface area contributed by atoms with Crippen LogP contribution in [0, 0.1) is 0 Å². The number of hydrogen-bond donors (Lipinski definition) is 1. The van der Waals surface area contributed by atoms with Gasteiger partial charge in [0.1, 0.15) is 5.60 Å². The Hall–Kier alpha value is -0.890. The third-order valence-corrected chi connectivity index (χ3v) is 3.58. The summed E-state index contributed by atoms with van der Waals surface area (Å²) in [5, 5.41) is 10.5. The molecule has 0 spiro atoms. The number of hydrogen-bond acceptors (Lipinski definition) is 2. The lowest BCUT2D eigenvalue weighted by atomic mass is 9.90. The normalized spacial score (nSPS) is 24.6. The van der Waals surface area contributed by atoms with Crippen LogP contribution in [0.5, 0.6) is 0 Å². The van der Waals surface area contributed by atoms with Gasteiger partial charge in [0, 0.05) is 11.1 Å². The summed E-state index contributed by atoms with van der Waals surface area (Å²) in [6, 6.07) is 4.23. The number of nitrogens with zero attached hydrogens (tertiary/aromatic N) is 1. The average molecular weight is 219 g/mol. The second-order valence-electron chi connectivity index (χ2n) is 5.84. The molecule has 1 aromatic rings. The molecule has 2 rings (SSSR count). The van der Waals surface area contributed by atoms with E-state index in [0.717, 1.165) is 30.7 Å². The minimum absolute atomic E-state index is 0.0479. The smallest absolute Gasteiger partial charge is 0.107 e. The molecule has 0 saturated heterocycles. The lowest BCUT2D eigenvalue weighted by Gasteiger charge is -2.24. The summed E-state index contributed by atoms with van der Waals surface area (Å²) in [5.74, 6) is 0. The fraction of sp³-hybridized carbons (Fsp3) is 0.643. The van der Waals surface area contributed by atoms with E-state index in [1.54, 1.807) is 0 Å². The van der Waals surface area contributed by atoms with Crippen LogP contribution in [-0.2, 0) is 17.4 Å². The lowest BCUT2D eigenvalue weighted by molar-refractivity contribution is 0.0303. The maximum Gasteiger partial charge on any atom is 0.107 e. The molecule has 0 saturated carbocycles. The molecule has 0 aromatic carbocycles. The summed E-state index contributed by atoms with van der Waals surface area (Å²) in [6.07, 6.45) is 2.52. The topological polar surface area (TPSA) is 33.1 Å². The van der Waals surface area contributed by atoms with Crippen LogP contribution in [0.1, 0.15) is 57.5 Å². The molecule has 1 N–H and O–H groups in total. The van der Waals surface area contributed by atoms with E-state index in [2.05, 4.69) is 32.9 Å². The molecule has 2 nitrogen and oxygen atoms in total. The Balaban J connectivity index is 2.50. The minimum Gasteiger partial charge on any atom is -0.384 e. The number of fused-ring (bicyclic) bond motifs is 1. The molecule has 0 aliphatic heterocycles. The third kappa shape index (κ3) is 1.75. The van der Waals surface area contributed by atoms with E-state index < -0.39 is 5.60 Å². The van der Waals surface area contributed by atoms with Gasteiger partial charge in [0.05, 0.1) is 5.69 Å². The van der Waals surface area contributed by atoms with E-state index in [4.69, 9.17) is 4.98 Å². The Morgan fingerprint density at radius 1 is 1.38 bits per heavy atom. The van der Waals surface area contributed by atoms with Crippen molar-refractivity contribution >= 4 is 0 Å². The van der Waals surface area contributed by atoms with Crippen LogP contribution in [-0.4, -0.2) is 10.1 Å². The van der Waals surface area contributed by atoms with Crippen LogP contribution >= 0.6 is 0 Å². The predicted octanol–water partition coefficient (Wildman–Crippen LogP) is 2.92. The summed E-state index contributed by atoms with van der Waals surface area (Å²) in [5.41, 5.74) is 2.57. The molecule has 0 radical (unpaired) electrons. The highest BCUT2D eigenvalue weighted by atomic mass is 16.3. The molecule has 1 aliphatic carbocycles. The number of aryl methyl sites for hydroxylation is 1. The zero-order valence-corrected chi connectivity index (χ0v) is 10.7. The Morgan fingerprint density at radius 3 is 2.62 bits per heavy atom. The number of aromatic nitrogens is 1. The Kier molecular flexibility index (Phi) is 2.58. The van der Waals surface area contributed by atoms with Gasteiger partial charge in [-0.15, -0.1) is 0 Å². The minimum atomic E-state index is -0.684. The molecule has 1 aliphatic rings. The highest BCUT2D eigenvalue weighted by Gasteiger charge is 2.37. The Labute approximate surface area is 97.7 Å². The molecule has 0 bridgehead atoms. The van der Waals surface area contributed by atoms with Gasteiger partial charge in [-0.2, -0.15) is 0 Å². The molecule has 1 atom stereocenters. The SMILES string of the molecule is CCC1(O)CCc2ccc(C(C)(C)C)nc21. The van der Waals surface area contributed by atoms with Crippen LogP contribution < -0.4 is 0 Å². The predicted molar refractivity (Wildman–Crippen MR) is 65.4 cm³/mol. The molecule has 0 fully saturated rings. The van der Waals surface area contributed by atoms with Crippen LogP contribution in [0.3, 0.4) is 0 Å². The van der Waals surface area contributed by atoms with Crippen molar-refractivity contribution in [1.82, 2.24) is 4.98 Å². The number of pyridine rings is 1. The maximum atomic E-state index is 10.5. The van der Waals surface area contributed by atoms with Gasteiger partial charge in [0.25, 0.3) is 0 Å². The van der Waals surface area contributed by atoms with Crippen molar-refractivity contribution in [3.63, 3.8) is 0 Å². The van der Waals surface area contributed by atoms with Gasteiger partial charge < -0.3 is 5.11 Å². The first-order valence-electron chi connectivity index (χ1n) is 6.10. The maximum absolute atomic E-state index is 10.5. The van der Waals surface area contributed by atoms with Crippen molar-refractivity contribution in [3.8, 4) is 0 Å². The molecular formula is C14H21NO. The standard InChI is InChI=1S/C14H21NO/c1-5-14(16)9-8-10-6-7-11(13(2,3)4)15-12(10)14/h6-7,16H,5,8-9H2,1-4H3. The second kappa shape index (κ2) is 3.56. The van der Waals surface area contributed by atoms with Crippen molar-refractivity contribution < 1.29 is 5.11 Å². The summed E-state index contributed by atoms with van der Waals surface area (Å²) in [4.78, 5) is 4.70. The fourth-order valence-electron chi connectivity index (χ4n) is 2.31. The summed E-state index contributed by atoms with van der Waals surface area (Å²) >= 11 is 0. The van der Waals surface area contributed by atoms with Crippen LogP contribution in [0.15, 0.2) is 12.1 Å². The van der Waals surface area contributed by atoms with Gasteiger partial charge in [0.2, 0.25) is 0 Å². The number of aliphatic hydroxyl groups is 1. The number of rotatable bonds is 1. The average Bonchev–Trinajstić information content (AvgIpc) is 2.56. The van der Waals surface area contributed by atoms with Crippen LogP contribution in [0.4, 0.5) is 0 Å². The van der Waals surface area contributed by atoms with Gasteiger partial charge in [-0.3, -0.25) is 4.98 Å².